The molecule has 0 aliphatic heterocycles. The fraction of sp³-hybridized carbons (Fsp3) is 0.350. The van der Waals surface area contributed by atoms with E-state index in [2.05, 4.69) is 29.4 Å². The molecule has 2 aromatic rings. The van der Waals surface area contributed by atoms with Crippen LogP contribution in [0.25, 0.3) is 11.1 Å². The van der Waals surface area contributed by atoms with E-state index in [4.69, 9.17) is 14.3 Å². The van der Waals surface area contributed by atoms with Gasteiger partial charge in [0.2, 0.25) is 0 Å². The van der Waals surface area contributed by atoms with Crippen LogP contribution >= 0.6 is 0 Å². The van der Waals surface area contributed by atoms with E-state index in [0.29, 0.717) is 6.61 Å². The molecule has 0 saturated carbocycles. The topological polar surface area (TPSA) is 40.0 Å². The zero-order chi connectivity index (χ0) is 16.8. The van der Waals surface area contributed by atoms with Crippen LogP contribution < -0.4 is 4.74 Å². The molecule has 0 fully saturated rings. The average molecular weight is 325 g/mol. The number of benzene rings is 2. The first-order valence-corrected chi connectivity index (χ1v) is 8.41. The maximum Gasteiger partial charge on any atom is 0.120 e. The van der Waals surface area contributed by atoms with Crippen molar-refractivity contribution in [1.82, 2.24) is 0 Å². The lowest BCUT2D eigenvalue weighted by Gasteiger charge is -2.08. The molecule has 0 heterocycles. The summed E-state index contributed by atoms with van der Waals surface area (Å²) >= 11 is 0. The van der Waals surface area contributed by atoms with Crippen LogP contribution in [0, 0.1) is 0 Å². The molecule has 4 nitrogen and oxygen atoms in total. The number of nitrogens with zero attached hydrogens (tertiary/aromatic N) is 1. The second kappa shape index (κ2) is 7.97. The van der Waals surface area contributed by atoms with Gasteiger partial charge in [-0.15, -0.1) is 0 Å². The molecule has 4 heteroatoms. The molecule has 0 atom stereocenters. The van der Waals surface area contributed by atoms with Gasteiger partial charge in [-0.1, -0.05) is 29.4 Å². The largest absolute Gasteiger partial charge is 0.494 e. The third kappa shape index (κ3) is 3.44. The van der Waals surface area contributed by atoms with Crippen LogP contribution in [0.1, 0.15) is 30.9 Å². The van der Waals surface area contributed by atoms with Crippen LogP contribution in [0.5, 0.6) is 5.75 Å². The fourth-order valence-electron chi connectivity index (χ4n) is 2.94. The summed E-state index contributed by atoms with van der Waals surface area (Å²) in [6, 6.07) is 14.4. The van der Waals surface area contributed by atoms with Crippen LogP contribution in [0.15, 0.2) is 47.6 Å². The van der Waals surface area contributed by atoms with Crippen molar-refractivity contribution in [2.45, 2.75) is 19.8 Å². The summed E-state index contributed by atoms with van der Waals surface area (Å²) in [5.41, 5.74) is 5.38. The number of unbranched alkanes of at least 4 members (excludes halogenated alkanes) is 1. The van der Waals surface area contributed by atoms with Gasteiger partial charge in [-0.05, 0) is 49.1 Å². The smallest absolute Gasteiger partial charge is 0.120 e. The molecule has 0 spiro atoms. The minimum absolute atomic E-state index is 0.690. The first-order chi connectivity index (χ1) is 11.8. The van der Waals surface area contributed by atoms with Gasteiger partial charge in [0.25, 0.3) is 0 Å². The quantitative estimate of drug-likeness (QED) is 0.459. The first kappa shape index (κ1) is 16.5. The zero-order valence-electron chi connectivity index (χ0n) is 14.2. The Morgan fingerprint density at radius 2 is 1.62 bits per heavy atom. The predicted octanol–water partition coefficient (Wildman–Crippen LogP) is 4.26. The lowest BCUT2D eigenvalue weighted by atomic mass is 10.1. The molecule has 0 aromatic heterocycles. The molecule has 2 aromatic carbocycles. The number of ether oxygens (including phenoxy) is 2. The molecule has 24 heavy (non-hydrogen) atoms. The van der Waals surface area contributed by atoms with Gasteiger partial charge in [0.05, 0.1) is 6.61 Å². The summed E-state index contributed by atoms with van der Waals surface area (Å²) in [4.78, 5) is 5.05. The molecule has 0 bridgehead atoms. The Morgan fingerprint density at radius 3 is 2.42 bits per heavy atom. The van der Waals surface area contributed by atoms with E-state index in [9.17, 15) is 0 Å². The number of fused-ring (bicyclic) bond motifs is 3. The van der Waals surface area contributed by atoms with E-state index in [1.54, 1.807) is 7.11 Å². The minimum atomic E-state index is 0.690. The molecule has 0 radical (unpaired) electrons. The number of hydrogen-bond acceptors (Lipinski definition) is 4. The fourth-order valence-corrected chi connectivity index (χ4v) is 2.94. The van der Waals surface area contributed by atoms with Crippen molar-refractivity contribution in [1.29, 1.82) is 0 Å². The van der Waals surface area contributed by atoms with E-state index in [0.717, 1.165) is 48.6 Å². The molecular formula is C20H23NO3. The number of rotatable bonds is 8. The van der Waals surface area contributed by atoms with Crippen LogP contribution in [-0.2, 0) is 9.57 Å². The van der Waals surface area contributed by atoms with E-state index in [-0.39, 0.29) is 0 Å². The summed E-state index contributed by atoms with van der Waals surface area (Å²) in [7, 11) is 1.58. The molecule has 0 unspecified atom stereocenters. The molecule has 0 saturated heterocycles. The molecule has 3 rings (SSSR count). The molecule has 0 amide bonds. The van der Waals surface area contributed by atoms with Gasteiger partial charge in [-0.2, -0.15) is 0 Å². The van der Waals surface area contributed by atoms with Crippen molar-refractivity contribution in [2.75, 3.05) is 26.9 Å². The highest BCUT2D eigenvalue weighted by Crippen LogP contribution is 2.38. The summed E-state index contributed by atoms with van der Waals surface area (Å²) in [5.74, 6) is 0.863. The molecule has 1 aliphatic rings. The average Bonchev–Trinajstić information content (AvgIpc) is 2.92. The molecule has 126 valence electrons. The van der Waals surface area contributed by atoms with Gasteiger partial charge in [-0.3, -0.25) is 0 Å². The molecule has 1 aliphatic carbocycles. The number of hydrogen-bond donors (Lipinski definition) is 0. The second-order valence-corrected chi connectivity index (χ2v) is 5.63. The van der Waals surface area contributed by atoms with Crippen molar-refractivity contribution in [3.63, 3.8) is 0 Å². The summed E-state index contributed by atoms with van der Waals surface area (Å²) in [6.07, 6.45) is 2.00. The highest BCUT2D eigenvalue weighted by Gasteiger charge is 2.25. The van der Waals surface area contributed by atoms with Crippen molar-refractivity contribution >= 4 is 5.71 Å². The first-order valence-electron chi connectivity index (χ1n) is 8.41. The van der Waals surface area contributed by atoms with Crippen LogP contribution in [0.2, 0.25) is 0 Å². The zero-order valence-corrected chi connectivity index (χ0v) is 14.2. The maximum absolute atomic E-state index is 5.89. The Hall–Kier alpha value is -2.33. The van der Waals surface area contributed by atoms with E-state index in [1.165, 1.54) is 11.1 Å². The van der Waals surface area contributed by atoms with Crippen molar-refractivity contribution in [3.05, 3.63) is 53.6 Å². The predicted molar refractivity (Wildman–Crippen MR) is 95.7 cm³/mol. The summed E-state index contributed by atoms with van der Waals surface area (Å²) in [5, 5.41) is 4.22. The Bertz CT molecular complexity index is 725. The lowest BCUT2D eigenvalue weighted by Crippen LogP contribution is -2.02. The van der Waals surface area contributed by atoms with Gasteiger partial charge in [0, 0.05) is 24.3 Å². The minimum Gasteiger partial charge on any atom is -0.494 e. The Labute approximate surface area is 143 Å². The Balaban J connectivity index is 1.73. The SMILES string of the molecule is CCOCCCCOc1ccc2c(c1)/C(=N/OC)c1ccccc1-2. The van der Waals surface area contributed by atoms with Crippen LogP contribution in [0.3, 0.4) is 0 Å². The third-order valence-corrected chi connectivity index (χ3v) is 4.06. The van der Waals surface area contributed by atoms with Crippen molar-refractivity contribution in [2.24, 2.45) is 5.16 Å². The van der Waals surface area contributed by atoms with E-state index < -0.39 is 0 Å². The standard InChI is InChI=1S/C20H23NO3/c1-3-23-12-6-7-13-24-15-10-11-17-16-8-4-5-9-18(16)20(21-22-2)19(17)14-15/h4-5,8-11,14H,3,6-7,12-13H2,1-2H3/b21-20+. The molecule has 0 N–H and O–H groups in total. The number of oxime groups is 1. The van der Waals surface area contributed by atoms with Gasteiger partial charge in [-0.25, -0.2) is 0 Å². The van der Waals surface area contributed by atoms with Gasteiger partial charge in [0.15, 0.2) is 0 Å². The lowest BCUT2D eigenvalue weighted by molar-refractivity contribution is 0.138. The van der Waals surface area contributed by atoms with Gasteiger partial charge in [0.1, 0.15) is 18.6 Å². The Morgan fingerprint density at radius 1 is 0.875 bits per heavy atom. The third-order valence-electron chi connectivity index (χ3n) is 4.06. The van der Waals surface area contributed by atoms with Crippen molar-refractivity contribution in [3.8, 4) is 16.9 Å². The summed E-state index contributed by atoms with van der Waals surface area (Å²) in [6.45, 7) is 4.27. The van der Waals surface area contributed by atoms with E-state index in [1.807, 2.05) is 25.1 Å². The highest BCUT2D eigenvalue weighted by molar-refractivity contribution is 6.24. The van der Waals surface area contributed by atoms with Gasteiger partial charge < -0.3 is 14.3 Å². The van der Waals surface area contributed by atoms with Crippen LogP contribution in [-0.4, -0.2) is 32.6 Å². The monoisotopic (exact) mass is 325 g/mol. The highest BCUT2D eigenvalue weighted by atomic mass is 16.6. The van der Waals surface area contributed by atoms with Crippen molar-refractivity contribution < 1.29 is 14.3 Å². The molecular weight excluding hydrogens is 302 g/mol. The van der Waals surface area contributed by atoms with Crippen LogP contribution in [0.4, 0.5) is 0 Å². The van der Waals surface area contributed by atoms with Gasteiger partial charge >= 0.3 is 0 Å². The Kier molecular flexibility index (Phi) is 5.49. The second-order valence-electron chi connectivity index (χ2n) is 5.63. The normalized spacial score (nSPS) is 13.7. The maximum atomic E-state index is 5.89. The van der Waals surface area contributed by atoms with E-state index >= 15 is 0 Å². The summed E-state index contributed by atoms with van der Waals surface area (Å²) < 4.78 is 11.2.